The minimum Gasteiger partial charge on any atom is -0.496 e. The predicted molar refractivity (Wildman–Crippen MR) is 123 cm³/mol. The summed E-state index contributed by atoms with van der Waals surface area (Å²) in [6.07, 6.45) is 2.12. The van der Waals surface area contributed by atoms with Gasteiger partial charge in [0.25, 0.3) is 0 Å². The number of benzene rings is 2. The first kappa shape index (κ1) is 22.6. The van der Waals surface area contributed by atoms with E-state index in [1.165, 1.54) is 16.7 Å². The number of methoxy groups -OCH3 is 1. The van der Waals surface area contributed by atoms with Gasteiger partial charge in [-0.3, -0.25) is 4.79 Å². The Kier molecular flexibility index (Phi) is 7.10. The molecule has 0 aromatic heterocycles. The highest BCUT2D eigenvalue weighted by Gasteiger charge is 2.32. The quantitative estimate of drug-likeness (QED) is 0.392. The molecule has 0 saturated carbocycles. The summed E-state index contributed by atoms with van der Waals surface area (Å²) in [5, 5.41) is 1.06. The van der Waals surface area contributed by atoms with E-state index in [-0.39, 0.29) is 16.4 Å². The van der Waals surface area contributed by atoms with Gasteiger partial charge >= 0.3 is 0 Å². The van der Waals surface area contributed by atoms with Crippen LogP contribution in [0.15, 0.2) is 36.4 Å². The van der Waals surface area contributed by atoms with E-state index in [1.54, 1.807) is 14.0 Å². The number of ether oxygens (including phenoxy) is 1. The molecule has 0 aliphatic carbocycles. The maximum atomic E-state index is 12.2. The third kappa shape index (κ3) is 4.84. The van der Waals surface area contributed by atoms with E-state index >= 15 is 0 Å². The molecule has 0 amide bonds. The van der Waals surface area contributed by atoms with Crippen molar-refractivity contribution in [2.75, 3.05) is 7.11 Å². The highest BCUT2D eigenvalue weighted by molar-refractivity contribution is 7.48. The van der Waals surface area contributed by atoms with Crippen LogP contribution in [-0.2, 0) is 10.6 Å². The van der Waals surface area contributed by atoms with E-state index in [1.807, 2.05) is 18.2 Å². The normalized spacial score (nSPS) is 14.3. The van der Waals surface area contributed by atoms with Gasteiger partial charge in [0, 0.05) is 16.3 Å². The Hall–Kier alpha value is -1.66. The van der Waals surface area contributed by atoms with Crippen LogP contribution in [0, 0.1) is 6.92 Å². The predicted octanol–water partition coefficient (Wildman–Crippen LogP) is 6.52. The molecule has 3 heteroatoms. The average Bonchev–Trinajstić information content (AvgIpc) is 2.60. The topological polar surface area (TPSA) is 26.3 Å². The van der Waals surface area contributed by atoms with Crippen LogP contribution < -0.4 is 10.0 Å². The molecule has 2 aromatic rings. The lowest BCUT2D eigenvalue weighted by Crippen LogP contribution is -2.24. The molecule has 0 heterocycles. The van der Waals surface area contributed by atoms with Gasteiger partial charge in [0.15, 0.2) is 5.78 Å². The number of rotatable bonds is 7. The van der Waals surface area contributed by atoms with Crippen molar-refractivity contribution < 1.29 is 9.53 Å². The van der Waals surface area contributed by atoms with Crippen molar-refractivity contribution in [1.29, 1.82) is 0 Å². The van der Waals surface area contributed by atoms with E-state index in [0.717, 1.165) is 29.5 Å². The molecule has 2 rings (SSSR count). The Balaban J connectivity index is 2.68. The molecule has 0 fully saturated rings. The van der Waals surface area contributed by atoms with Crippen LogP contribution in [0.1, 0.15) is 81.4 Å². The van der Waals surface area contributed by atoms with Gasteiger partial charge in [-0.2, -0.15) is 0 Å². The van der Waals surface area contributed by atoms with E-state index in [4.69, 9.17) is 4.74 Å². The minimum atomic E-state index is -0.0856. The molecular weight excluding hydrogens is 363 g/mol. The summed E-state index contributed by atoms with van der Waals surface area (Å²) in [4.78, 5) is 12.2. The van der Waals surface area contributed by atoms with Crippen molar-refractivity contribution >= 4 is 19.7 Å². The lowest BCUT2D eigenvalue weighted by Gasteiger charge is -2.34. The Morgan fingerprint density at radius 2 is 1.75 bits per heavy atom. The number of hydrogen-bond acceptors (Lipinski definition) is 2. The largest absolute Gasteiger partial charge is 0.496 e. The molecule has 0 N–H and O–H groups in total. The fourth-order valence-corrected chi connectivity index (χ4v) is 5.71. The summed E-state index contributed by atoms with van der Waals surface area (Å²) in [6.45, 7) is 15.1. The second-order valence-corrected chi connectivity index (χ2v) is 10.8. The molecule has 0 aliphatic heterocycles. The number of aryl methyl sites for hydroxylation is 1. The van der Waals surface area contributed by atoms with Crippen LogP contribution in [0.3, 0.4) is 0 Å². The molecule has 0 saturated heterocycles. The average molecular weight is 399 g/mol. The maximum Gasteiger partial charge on any atom is 0.160 e. The monoisotopic (exact) mass is 398 g/mol. The van der Waals surface area contributed by atoms with Crippen LogP contribution in [-0.4, -0.2) is 12.9 Å². The number of ketones is 1. The lowest BCUT2D eigenvalue weighted by atomic mass is 9.82. The summed E-state index contributed by atoms with van der Waals surface area (Å²) in [5.74, 6) is 1.12. The van der Waals surface area contributed by atoms with Crippen LogP contribution in [0.2, 0.25) is 0 Å². The summed E-state index contributed by atoms with van der Waals surface area (Å²) >= 11 is 0. The van der Waals surface area contributed by atoms with Gasteiger partial charge in [-0.1, -0.05) is 86.0 Å². The molecule has 2 atom stereocenters. The van der Waals surface area contributed by atoms with Crippen LogP contribution in [0.4, 0.5) is 0 Å². The lowest BCUT2D eigenvalue weighted by molar-refractivity contribution is 0.101. The highest BCUT2D eigenvalue weighted by atomic mass is 31.1. The van der Waals surface area contributed by atoms with Gasteiger partial charge in [0.2, 0.25) is 0 Å². The van der Waals surface area contributed by atoms with E-state index in [2.05, 4.69) is 59.7 Å². The molecule has 28 heavy (non-hydrogen) atoms. The molecule has 152 valence electrons. The summed E-state index contributed by atoms with van der Waals surface area (Å²) < 4.78 is 5.89. The number of hydrogen-bond donors (Lipinski definition) is 0. The van der Waals surface area contributed by atoms with Crippen molar-refractivity contribution in [3.8, 4) is 5.75 Å². The van der Waals surface area contributed by atoms with Gasteiger partial charge in [-0.05, 0) is 42.1 Å². The highest BCUT2D eigenvalue weighted by Crippen LogP contribution is 2.50. The molecule has 0 bridgehead atoms. The van der Waals surface area contributed by atoms with Crippen LogP contribution >= 0.6 is 8.58 Å². The SMILES string of the molecule is CCCC(C)(Pc1ccccc1C(C)=O)c1cc(C(C)(C)C)cc(C)c1OC. The molecule has 2 aromatic carbocycles. The summed E-state index contributed by atoms with van der Waals surface area (Å²) in [5.41, 5.74) is 4.67. The zero-order valence-electron chi connectivity index (χ0n) is 18.7. The van der Waals surface area contributed by atoms with Crippen LogP contribution in [0.5, 0.6) is 5.75 Å². The second kappa shape index (κ2) is 8.78. The number of carbonyl (C=O) groups is 1. The molecular formula is C25H35O2P. The van der Waals surface area contributed by atoms with E-state index in [9.17, 15) is 4.79 Å². The molecule has 0 aliphatic rings. The van der Waals surface area contributed by atoms with Crippen molar-refractivity contribution in [3.05, 3.63) is 58.7 Å². The van der Waals surface area contributed by atoms with E-state index < -0.39 is 0 Å². The maximum absolute atomic E-state index is 12.2. The summed E-state index contributed by atoms with van der Waals surface area (Å²) in [6, 6.07) is 12.6. The Morgan fingerprint density at radius 3 is 2.29 bits per heavy atom. The summed E-state index contributed by atoms with van der Waals surface area (Å²) in [7, 11) is 2.26. The number of carbonyl (C=O) groups excluding carboxylic acids is 1. The second-order valence-electron chi connectivity index (χ2n) is 8.93. The van der Waals surface area contributed by atoms with Crippen LogP contribution in [0.25, 0.3) is 0 Å². The van der Waals surface area contributed by atoms with Crippen molar-refractivity contribution in [1.82, 2.24) is 0 Å². The zero-order chi connectivity index (χ0) is 21.1. The van der Waals surface area contributed by atoms with Gasteiger partial charge in [-0.15, -0.1) is 0 Å². The zero-order valence-corrected chi connectivity index (χ0v) is 19.7. The Labute approximate surface area is 172 Å². The first-order chi connectivity index (χ1) is 13.0. The fraction of sp³-hybridized carbons (Fsp3) is 0.480. The molecule has 0 spiro atoms. The standard InChI is InChI=1S/C25H35O2P/c1-9-14-25(7,28-22-13-11-10-12-20(22)18(3)26)21-16-19(24(4,5)6)15-17(2)23(21)27-8/h10-13,15-16,28H,9,14H2,1-8H3. The Bertz CT molecular complexity index is 848. The third-order valence-electron chi connectivity index (χ3n) is 5.41. The van der Waals surface area contributed by atoms with E-state index in [0.29, 0.717) is 8.58 Å². The van der Waals surface area contributed by atoms with Gasteiger partial charge in [0.1, 0.15) is 5.75 Å². The Morgan fingerprint density at radius 1 is 1.11 bits per heavy atom. The third-order valence-corrected chi connectivity index (χ3v) is 7.18. The smallest absolute Gasteiger partial charge is 0.160 e. The molecule has 2 unspecified atom stereocenters. The first-order valence-electron chi connectivity index (χ1n) is 10.1. The molecule has 0 radical (unpaired) electrons. The minimum absolute atomic E-state index is 0.0688. The fourth-order valence-electron chi connectivity index (χ4n) is 3.85. The molecule has 2 nitrogen and oxygen atoms in total. The van der Waals surface area contributed by atoms with Gasteiger partial charge < -0.3 is 4.74 Å². The van der Waals surface area contributed by atoms with Gasteiger partial charge in [0.05, 0.1) is 7.11 Å². The number of Topliss-reactive ketones (excluding diaryl/α,β-unsaturated/α-hetero) is 1. The van der Waals surface area contributed by atoms with Crippen molar-refractivity contribution in [2.45, 2.75) is 71.9 Å². The van der Waals surface area contributed by atoms with Crippen molar-refractivity contribution in [3.63, 3.8) is 0 Å². The van der Waals surface area contributed by atoms with Gasteiger partial charge in [-0.25, -0.2) is 0 Å². The first-order valence-corrected chi connectivity index (χ1v) is 11.1. The van der Waals surface area contributed by atoms with Crippen molar-refractivity contribution in [2.24, 2.45) is 0 Å².